The molecule has 6 nitrogen and oxygen atoms in total. The van der Waals surface area contributed by atoms with E-state index in [1.165, 1.54) is 5.56 Å². The molecule has 0 fully saturated rings. The second-order valence-corrected chi connectivity index (χ2v) is 8.42. The van der Waals surface area contributed by atoms with Gasteiger partial charge in [-0.15, -0.1) is 21.5 Å². The van der Waals surface area contributed by atoms with Gasteiger partial charge in [0.05, 0.1) is 17.2 Å². The first-order valence-corrected chi connectivity index (χ1v) is 11.2. The summed E-state index contributed by atoms with van der Waals surface area (Å²) in [5.41, 5.74) is 2.11. The normalized spacial score (nSPS) is 11.1. The van der Waals surface area contributed by atoms with Gasteiger partial charge < -0.3 is 4.52 Å². The minimum absolute atomic E-state index is 0.524. The van der Waals surface area contributed by atoms with Gasteiger partial charge in [-0.2, -0.15) is 4.98 Å². The monoisotopic (exact) mass is 431 g/mol. The molecule has 0 N–H and O–H groups in total. The molecule has 0 aliphatic rings. The first-order valence-electron chi connectivity index (χ1n) is 9.38. The molecule has 3 heterocycles. The van der Waals surface area contributed by atoms with E-state index in [9.17, 15) is 0 Å². The lowest BCUT2D eigenvalue weighted by atomic mass is 10.2. The number of rotatable bonds is 7. The van der Waals surface area contributed by atoms with Crippen molar-refractivity contribution in [3.05, 3.63) is 89.6 Å². The lowest BCUT2D eigenvalue weighted by Crippen LogP contribution is -2.03. The molecule has 0 bridgehead atoms. The molecular weight excluding hydrogens is 414 g/mol. The van der Waals surface area contributed by atoms with Crippen molar-refractivity contribution in [3.8, 4) is 22.2 Å². The zero-order chi connectivity index (χ0) is 20.2. The minimum Gasteiger partial charge on any atom is -0.334 e. The van der Waals surface area contributed by atoms with E-state index >= 15 is 0 Å². The van der Waals surface area contributed by atoms with Gasteiger partial charge in [-0.3, -0.25) is 4.57 Å². The van der Waals surface area contributed by atoms with Crippen LogP contribution in [0.1, 0.15) is 11.4 Å². The topological polar surface area (TPSA) is 69.6 Å². The fraction of sp³-hybridized carbons (Fsp3) is 0.0909. The highest BCUT2D eigenvalue weighted by molar-refractivity contribution is 7.98. The Kier molecular flexibility index (Phi) is 5.41. The summed E-state index contributed by atoms with van der Waals surface area (Å²) in [4.78, 5) is 5.61. The molecule has 148 valence electrons. The highest BCUT2D eigenvalue weighted by Gasteiger charge is 2.17. The number of hydrogen-bond donors (Lipinski definition) is 0. The summed E-state index contributed by atoms with van der Waals surface area (Å²) in [6, 6.07) is 24.2. The molecule has 0 aliphatic heterocycles. The fourth-order valence-corrected chi connectivity index (χ4v) is 4.53. The number of thiophene rings is 1. The van der Waals surface area contributed by atoms with Gasteiger partial charge >= 0.3 is 0 Å². The molecule has 0 amide bonds. The van der Waals surface area contributed by atoms with Crippen molar-refractivity contribution < 1.29 is 4.52 Å². The van der Waals surface area contributed by atoms with Gasteiger partial charge in [-0.1, -0.05) is 71.5 Å². The Balaban J connectivity index is 1.39. The van der Waals surface area contributed by atoms with E-state index in [1.807, 2.05) is 60.0 Å². The molecule has 5 rings (SSSR count). The summed E-state index contributed by atoms with van der Waals surface area (Å²) in [6.07, 6.45) is 0. The highest BCUT2D eigenvalue weighted by Crippen LogP contribution is 2.29. The van der Waals surface area contributed by atoms with Crippen LogP contribution in [0, 0.1) is 0 Å². The maximum absolute atomic E-state index is 5.41. The summed E-state index contributed by atoms with van der Waals surface area (Å²) in [5.74, 6) is 2.57. The second-order valence-electron chi connectivity index (χ2n) is 6.53. The van der Waals surface area contributed by atoms with Crippen molar-refractivity contribution in [1.82, 2.24) is 24.9 Å². The number of nitrogens with zero attached hydrogens (tertiary/aromatic N) is 5. The Morgan fingerprint density at radius 2 is 1.70 bits per heavy atom. The van der Waals surface area contributed by atoms with E-state index in [2.05, 4.69) is 43.1 Å². The van der Waals surface area contributed by atoms with Crippen LogP contribution < -0.4 is 0 Å². The third-order valence-electron chi connectivity index (χ3n) is 4.46. The van der Waals surface area contributed by atoms with Gasteiger partial charge in [0.1, 0.15) is 0 Å². The molecule has 0 unspecified atom stereocenters. The fourth-order valence-electron chi connectivity index (χ4n) is 3.03. The standard InChI is InChI=1S/C22H17N5OS2/c1-3-8-16(9-4-1)14-27-20(18-12-7-13-29-18)24-25-22(27)30-15-19-23-21(28-26-19)17-10-5-2-6-11-17/h1-13H,14-15H2. The predicted octanol–water partition coefficient (Wildman–Crippen LogP) is 5.40. The van der Waals surface area contributed by atoms with Gasteiger partial charge in [0.2, 0.25) is 0 Å². The molecule has 0 spiro atoms. The van der Waals surface area contributed by atoms with Crippen LogP contribution in [0.5, 0.6) is 0 Å². The minimum atomic E-state index is 0.524. The maximum Gasteiger partial charge on any atom is 0.257 e. The van der Waals surface area contributed by atoms with Gasteiger partial charge in [-0.25, -0.2) is 0 Å². The maximum atomic E-state index is 5.41. The highest BCUT2D eigenvalue weighted by atomic mass is 32.2. The lowest BCUT2D eigenvalue weighted by Gasteiger charge is -2.09. The molecular formula is C22H17N5OS2. The van der Waals surface area contributed by atoms with Crippen LogP contribution in [0.25, 0.3) is 22.2 Å². The first kappa shape index (κ1) is 18.8. The van der Waals surface area contributed by atoms with Crippen LogP contribution in [-0.2, 0) is 12.3 Å². The average molecular weight is 432 g/mol. The van der Waals surface area contributed by atoms with E-state index in [4.69, 9.17) is 4.52 Å². The Morgan fingerprint density at radius 1 is 0.900 bits per heavy atom. The van der Waals surface area contributed by atoms with E-state index in [-0.39, 0.29) is 0 Å². The smallest absolute Gasteiger partial charge is 0.257 e. The van der Waals surface area contributed by atoms with Crippen LogP contribution in [0.2, 0.25) is 0 Å². The SMILES string of the molecule is c1ccc(Cn2c(SCc3noc(-c4ccccc4)n3)nnc2-c2cccs2)cc1. The summed E-state index contributed by atoms with van der Waals surface area (Å²) in [5, 5.41) is 15.9. The van der Waals surface area contributed by atoms with Crippen LogP contribution in [0.3, 0.4) is 0 Å². The summed E-state index contributed by atoms with van der Waals surface area (Å²) < 4.78 is 7.56. The largest absolute Gasteiger partial charge is 0.334 e. The van der Waals surface area contributed by atoms with E-state index < -0.39 is 0 Å². The van der Waals surface area contributed by atoms with Gasteiger partial charge in [-0.05, 0) is 29.1 Å². The summed E-state index contributed by atoms with van der Waals surface area (Å²) in [6.45, 7) is 0.699. The van der Waals surface area contributed by atoms with E-state index in [0.717, 1.165) is 21.4 Å². The van der Waals surface area contributed by atoms with Gasteiger partial charge in [0.15, 0.2) is 16.8 Å². The number of hydrogen-bond acceptors (Lipinski definition) is 7. The number of aromatic nitrogens is 5. The lowest BCUT2D eigenvalue weighted by molar-refractivity contribution is 0.425. The third kappa shape index (κ3) is 4.05. The van der Waals surface area contributed by atoms with Crippen LogP contribution in [0.15, 0.2) is 87.9 Å². The first-order chi connectivity index (χ1) is 14.9. The molecule has 0 radical (unpaired) electrons. The molecule has 5 aromatic rings. The predicted molar refractivity (Wildman–Crippen MR) is 118 cm³/mol. The molecule has 8 heteroatoms. The molecule has 0 aliphatic carbocycles. The van der Waals surface area contributed by atoms with Crippen molar-refractivity contribution in [2.24, 2.45) is 0 Å². The molecule has 0 saturated carbocycles. The van der Waals surface area contributed by atoms with Crippen LogP contribution in [-0.4, -0.2) is 24.9 Å². The summed E-state index contributed by atoms with van der Waals surface area (Å²) >= 11 is 3.21. The van der Waals surface area contributed by atoms with Gasteiger partial charge in [0, 0.05) is 5.56 Å². The molecule has 2 aromatic carbocycles. The Morgan fingerprint density at radius 3 is 2.47 bits per heavy atom. The average Bonchev–Trinajstić information content (AvgIpc) is 3.55. The zero-order valence-electron chi connectivity index (χ0n) is 15.9. The second kappa shape index (κ2) is 8.64. The van der Waals surface area contributed by atoms with Crippen molar-refractivity contribution in [1.29, 1.82) is 0 Å². The summed E-state index contributed by atoms with van der Waals surface area (Å²) in [7, 11) is 0. The Labute approximate surface area is 181 Å². The molecule has 30 heavy (non-hydrogen) atoms. The molecule has 0 saturated heterocycles. The Hall–Kier alpha value is -3.23. The van der Waals surface area contributed by atoms with Crippen molar-refractivity contribution in [3.63, 3.8) is 0 Å². The van der Waals surface area contributed by atoms with E-state index in [1.54, 1.807) is 23.1 Å². The Bertz CT molecular complexity index is 1220. The van der Waals surface area contributed by atoms with E-state index in [0.29, 0.717) is 24.0 Å². The molecule has 3 aromatic heterocycles. The number of thioether (sulfide) groups is 1. The van der Waals surface area contributed by atoms with Crippen molar-refractivity contribution >= 4 is 23.1 Å². The van der Waals surface area contributed by atoms with Crippen molar-refractivity contribution in [2.45, 2.75) is 17.5 Å². The van der Waals surface area contributed by atoms with Gasteiger partial charge in [0.25, 0.3) is 5.89 Å². The van der Waals surface area contributed by atoms with Crippen LogP contribution >= 0.6 is 23.1 Å². The quantitative estimate of drug-likeness (QED) is 0.322. The number of benzene rings is 2. The zero-order valence-corrected chi connectivity index (χ0v) is 17.5. The van der Waals surface area contributed by atoms with Crippen LogP contribution in [0.4, 0.5) is 0 Å². The van der Waals surface area contributed by atoms with Crippen molar-refractivity contribution in [2.75, 3.05) is 0 Å². The third-order valence-corrected chi connectivity index (χ3v) is 6.29. The molecule has 0 atom stereocenters.